The van der Waals surface area contributed by atoms with Gasteiger partial charge in [0.1, 0.15) is 8.07 Å². The Hall–Kier alpha value is -0.743. The fourth-order valence-electron chi connectivity index (χ4n) is 1.10. The third-order valence-corrected chi connectivity index (χ3v) is 3.11. The van der Waals surface area contributed by atoms with Gasteiger partial charge < -0.3 is 0 Å². The second-order valence-corrected chi connectivity index (χ2v) is 9.98. The van der Waals surface area contributed by atoms with Crippen LogP contribution in [0.2, 0.25) is 19.6 Å². The van der Waals surface area contributed by atoms with Crippen LogP contribution in [0, 0.1) is 16.9 Å². The largest absolute Gasteiger partial charge is 0.131 e. The van der Waals surface area contributed by atoms with Gasteiger partial charge in [-0.3, -0.25) is 0 Å². The van der Waals surface area contributed by atoms with E-state index in [-0.39, 0.29) is 5.41 Å². The van der Waals surface area contributed by atoms with E-state index in [0.29, 0.717) is 0 Å². The van der Waals surface area contributed by atoms with E-state index in [4.69, 9.17) is 0 Å². The summed E-state index contributed by atoms with van der Waals surface area (Å²) >= 11 is 0. The van der Waals surface area contributed by atoms with E-state index < -0.39 is 8.07 Å². The van der Waals surface area contributed by atoms with Gasteiger partial charge >= 0.3 is 0 Å². The molecule has 0 saturated carbocycles. The zero-order valence-electron chi connectivity index (χ0n) is 10.9. The van der Waals surface area contributed by atoms with Crippen molar-refractivity contribution < 1.29 is 0 Å². The van der Waals surface area contributed by atoms with Gasteiger partial charge in [-0.25, -0.2) is 0 Å². The maximum atomic E-state index is 3.90. The van der Waals surface area contributed by atoms with Gasteiger partial charge in [-0.05, 0) is 26.7 Å². The molecule has 1 heteroatoms. The molecule has 0 rings (SSSR count). The van der Waals surface area contributed by atoms with Crippen molar-refractivity contribution >= 4 is 8.07 Å². The minimum absolute atomic E-state index is 0.0141. The van der Waals surface area contributed by atoms with Crippen LogP contribution < -0.4 is 0 Å². The van der Waals surface area contributed by atoms with E-state index in [1.807, 2.05) is 6.08 Å². The standard InChI is InChI=1S/C14H24Si/c1-7-9-10-11-14(3,8-2)12-13-15(4,5)6/h7-9H,2,10-11H2,1,3-6H3/b9-7+. The van der Waals surface area contributed by atoms with Crippen LogP contribution in [0.25, 0.3) is 0 Å². The maximum absolute atomic E-state index is 3.90. The van der Waals surface area contributed by atoms with Gasteiger partial charge in [0.25, 0.3) is 0 Å². The van der Waals surface area contributed by atoms with E-state index in [0.717, 1.165) is 12.8 Å². The van der Waals surface area contributed by atoms with Crippen LogP contribution in [0.1, 0.15) is 26.7 Å². The Morgan fingerprint density at radius 2 is 1.93 bits per heavy atom. The lowest BCUT2D eigenvalue weighted by Crippen LogP contribution is -2.19. The summed E-state index contributed by atoms with van der Waals surface area (Å²) in [6, 6.07) is 0. The maximum Gasteiger partial charge on any atom is 0.129 e. The lowest BCUT2D eigenvalue weighted by molar-refractivity contribution is 0.529. The SMILES string of the molecule is C=CC(C)(C#C[Si](C)(C)C)CC/C=C/C. The predicted octanol–water partition coefficient (Wildman–Crippen LogP) is 4.42. The Morgan fingerprint density at radius 3 is 2.33 bits per heavy atom. The molecule has 15 heavy (non-hydrogen) atoms. The highest BCUT2D eigenvalue weighted by Crippen LogP contribution is 2.24. The highest BCUT2D eigenvalue weighted by Gasteiger charge is 2.17. The second-order valence-electron chi connectivity index (χ2n) is 5.23. The summed E-state index contributed by atoms with van der Waals surface area (Å²) in [5.41, 5.74) is 3.42. The summed E-state index contributed by atoms with van der Waals surface area (Å²) < 4.78 is 0. The number of rotatable bonds is 4. The molecular weight excluding hydrogens is 196 g/mol. The summed E-state index contributed by atoms with van der Waals surface area (Å²) in [5.74, 6) is 3.40. The molecule has 0 aliphatic heterocycles. The van der Waals surface area contributed by atoms with Gasteiger partial charge in [-0.2, -0.15) is 0 Å². The fraction of sp³-hybridized carbons (Fsp3) is 0.571. The molecule has 0 aromatic heterocycles. The molecule has 1 atom stereocenters. The molecule has 0 radical (unpaired) electrons. The lowest BCUT2D eigenvalue weighted by atomic mass is 9.87. The Morgan fingerprint density at radius 1 is 1.33 bits per heavy atom. The van der Waals surface area contributed by atoms with Crippen molar-refractivity contribution in [3.8, 4) is 11.5 Å². The zero-order valence-corrected chi connectivity index (χ0v) is 11.9. The average Bonchev–Trinajstić information content (AvgIpc) is 2.14. The summed E-state index contributed by atoms with van der Waals surface area (Å²) in [6.45, 7) is 15.0. The fourth-order valence-corrected chi connectivity index (χ4v) is 1.76. The molecule has 0 heterocycles. The molecule has 0 nitrogen and oxygen atoms in total. The van der Waals surface area contributed by atoms with Crippen LogP contribution >= 0.6 is 0 Å². The third kappa shape index (κ3) is 7.22. The van der Waals surface area contributed by atoms with Crippen LogP contribution in [0.4, 0.5) is 0 Å². The third-order valence-electron chi connectivity index (χ3n) is 2.24. The van der Waals surface area contributed by atoms with Crippen molar-refractivity contribution in [3.63, 3.8) is 0 Å². The summed E-state index contributed by atoms with van der Waals surface area (Å²) in [6.07, 6.45) is 8.43. The van der Waals surface area contributed by atoms with E-state index in [2.05, 4.69) is 63.7 Å². The number of allylic oxidation sites excluding steroid dienone is 3. The summed E-state index contributed by atoms with van der Waals surface area (Å²) in [4.78, 5) is 0. The van der Waals surface area contributed by atoms with Gasteiger partial charge in [0, 0.05) is 5.41 Å². The van der Waals surface area contributed by atoms with Crippen LogP contribution in [-0.2, 0) is 0 Å². The van der Waals surface area contributed by atoms with Gasteiger partial charge in [0.15, 0.2) is 0 Å². The molecule has 0 aromatic rings. The van der Waals surface area contributed by atoms with E-state index in [1.165, 1.54) is 0 Å². The summed E-state index contributed by atoms with van der Waals surface area (Å²) in [5, 5.41) is 0. The van der Waals surface area contributed by atoms with Crippen molar-refractivity contribution in [1.29, 1.82) is 0 Å². The highest BCUT2D eigenvalue weighted by atomic mass is 28.3. The molecule has 0 bridgehead atoms. The average molecular weight is 220 g/mol. The molecule has 0 N–H and O–H groups in total. The minimum atomic E-state index is -1.26. The molecule has 1 unspecified atom stereocenters. The lowest BCUT2D eigenvalue weighted by Gasteiger charge is -2.18. The normalized spacial score (nSPS) is 15.5. The quantitative estimate of drug-likeness (QED) is 0.374. The minimum Gasteiger partial charge on any atom is -0.131 e. The van der Waals surface area contributed by atoms with Crippen molar-refractivity contribution in [1.82, 2.24) is 0 Å². The van der Waals surface area contributed by atoms with Crippen LogP contribution in [-0.4, -0.2) is 8.07 Å². The molecule has 0 amide bonds. The summed E-state index contributed by atoms with van der Waals surface area (Å²) in [7, 11) is -1.26. The molecule has 0 spiro atoms. The Kier molecular flexibility index (Phi) is 5.68. The molecular formula is C14H24Si. The van der Waals surface area contributed by atoms with Crippen LogP contribution in [0.15, 0.2) is 24.8 Å². The molecule has 0 fully saturated rings. The van der Waals surface area contributed by atoms with Crippen LogP contribution in [0.3, 0.4) is 0 Å². The van der Waals surface area contributed by atoms with E-state index in [9.17, 15) is 0 Å². The van der Waals surface area contributed by atoms with Crippen molar-refractivity contribution in [3.05, 3.63) is 24.8 Å². The van der Waals surface area contributed by atoms with E-state index in [1.54, 1.807) is 0 Å². The zero-order chi connectivity index (χ0) is 11.9. The monoisotopic (exact) mass is 220 g/mol. The highest BCUT2D eigenvalue weighted by molar-refractivity contribution is 6.83. The Labute approximate surface area is 96.5 Å². The van der Waals surface area contributed by atoms with Gasteiger partial charge in [0.2, 0.25) is 0 Å². The first kappa shape index (κ1) is 14.3. The number of hydrogen-bond donors (Lipinski definition) is 0. The van der Waals surface area contributed by atoms with Crippen molar-refractivity contribution in [2.24, 2.45) is 5.41 Å². The Bertz CT molecular complexity index is 283. The smallest absolute Gasteiger partial charge is 0.129 e. The van der Waals surface area contributed by atoms with Gasteiger partial charge in [-0.15, -0.1) is 12.1 Å². The molecule has 84 valence electrons. The second kappa shape index (κ2) is 5.98. The number of hydrogen-bond acceptors (Lipinski definition) is 0. The molecule has 0 saturated heterocycles. The predicted molar refractivity (Wildman–Crippen MR) is 73.5 cm³/mol. The van der Waals surface area contributed by atoms with Gasteiger partial charge in [-0.1, -0.05) is 43.8 Å². The molecule has 0 aliphatic rings. The molecule has 0 aromatic carbocycles. The first-order valence-corrected chi connectivity index (χ1v) is 9.12. The van der Waals surface area contributed by atoms with Crippen LogP contribution in [0.5, 0.6) is 0 Å². The Balaban J connectivity index is 4.55. The first-order valence-electron chi connectivity index (χ1n) is 5.62. The van der Waals surface area contributed by atoms with E-state index >= 15 is 0 Å². The van der Waals surface area contributed by atoms with Gasteiger partial charge in [0.05, 0.1) is 0 Å². The molecule has 0 aliphatic carbocycles. The van der Waals surface area contributed by atoms with Crippen molar-refractivity contribution in [2.75, 3.05) is 0 Å². The first-order chi connectivity index (χ1) is 6.83. The van der Waals surface area contributed by atoms with Crippen molar-refractivity contribution in [2.45, 2.75) is 46.3 Å². The topological polar surface area (TPSA) is 0 Å².